The maximum absolute atomic E-state index is 12.0. The number of hydrogen-bond donors (Lipinski definition) is 0. The number of ether oxygens (including phenoxy) is 2. The monoisotopic (exact) mass is 342 g/mol. The van der Waals surface area contributed by atoms with Crippen LogP contribution in [0.4, 0.5) is 0 Å². The van der Waals surface area contributed by atoms with Crippen LogP contribution in [0.3, 0.4) is 0 Å². The first-order valence-corrected chi connectivity index (χ1v) is 8.21. The van der Waals surface area contributed by atoms with Crippen LogP contribution < -0.4 is 5.56 Å². The van der Waals surface area contributed by atoms with Crippen molar-refractivity contribution in [3.63, 3.8) is 0 Å². The highest BCUT2D eigenvalue weighted by Gasteiger charge is 2.22. The van der Waals surface area contributed by atoms with Gasteiger partial charge in [-0.15, -0.1) is 0 Å². The zero-order chi connectivity index (χ0) is 18.0. The summed E-state index contributed by atoms with van der Waals surface area (Å²) in [5.74, 6) is 0. The minimum Gasteiger partial charge on any atom is -0.359 e. The molecule has 0 bridgehead atoms. The summed E-state index contributed by atoms with van der Waals surface area (Å²) in [6.45, 7) is 5.98. The van der Waals surface area contributed by atoms with Gasteiger partial charge in [0.1, 0.15) is 18.2 Å². The SMILES string of the molecule is COCOC(C)c1c(-c2ccc(=O)n(C(C)C)n2)nn2ccccc12. The van der Waals surface area contributed by atoms with E-state index in [4.69, 9.17) is 9.47 Å². The van der Waals surface area contributed by atoms with Crippen LogP contribution in [0.25, 0.3) is 16.9 Å². The lowest BCUT2D eigenvalue weighted by molar-refractivity contribution is -0.0660. The van der Waals surface area contributed by atoms with Crippen molar-refractivity contribution in [3.8, 4) is 11.4 Å². The normalized spacial score (nSPS) is 12.8. The van der Waals surface area contributed by atoms with Crippen molar-refractivity contribution in [2.24, 2.45) is 0 Å². The van der Waals surface area contributed by atoms with Crippen molar-refractivity contribution in [2.75, 3.05) is 13.9 Å². The van der Waals surface area contributed by atoms with Crippen LogP contribution in [0, 0.1) is 0 Å². The lowest BCUT2D eigenvalue weighted by atomic mass is 10.1. The Labute approximate surface area is 145 Å². The predicted molar refractivity (Wildman–Crippen MR) is 94.4 cm³/mol. The zero-order valence-corrected chi connectivity index (χ0v) is 14.8. The molecule has 0 aliphatic heterocycles. The van der Waals surface area contributed by atoms with Crippen LogP contribution in [0.5, 0.6) is 0 Å². The van der Waals surface area contributed by atoms with Crippen molar-refractivity contribution in [1.82, 2.24) is 19.4 Å². The molecule has 0 spiro atoms. The molecule has 3 aromatic heterocycles. The Hall–Kier alpha value is -2.51. The Balaban J connectivity index is 2.19. The van der Waals surface area contributed by atoms with Gasteiger partial charge in [0.25, 0.3) is 5.56 Å². The van der Waals surface area contributed by atoms with Gasteiger partial charge >= 0.3 is 0 Å². The molecule has 3 aromatic rings. The van der Waals surface area contributed by atoms with Crippen molar-refractivity contribution >= 4 is 5.52 Å². The molecule has 0 N–H and O–H groups in total. The third-order valence-electron chi connectivity index (χ3n) is 3.98. The Kier molecular flexibility index (Phi) is 4.96. The fourth-order valence-electron chi connectivity index (χ4n) is 2.78. The number of rotatable bonds is 6. The Morgan fingerprint density at radius 1 is 1.12 bits per heavy atom. The fourth-order valence-corrected chi connectivity index (χ4v) is 2.78. The van der Waals surface area contributed by atoms with Crippen molar-refractivity contribution in [3.05, 3.63) is 52.4 Å². The number of hydrogen-bond acceptors (Lipinski definition) is 5. The van der Waals surface area contributed by atoms with Gasteiger partial charge in [-0.2, -0.15) is 10.2 Å². The van der Waals surface area contributed by atoms with Gasteiger partial charge < -0.3 is 9.47 Å². The van der Waals surface area contributed by atoms with E-state index in [2.05, 4.69) is 10.2 Å². The van der Waals surface area contributed by atoms with Crippen LogP contribution in [0.2, 0.25) is 0 Å². The number of nitrogens with zero attached hydrogens (tertiary/aromatic N) is 4. The summed E-state index contributed by atoms with van der Waals surface area (Å²) in [7, 11) is 1.59. The standard InChI is InChI=1S/C18H22N4O3/c1-12(2)22-16(23)9-8-14(19-22)18-17(13(3)25-11-24-4)15-7-5-6-10-21(15)20-18/h5-10,12-13H,11H2,1-4H3. The number of pyridine rings is 1. The van der Waals surface area contributed by atoms with Crippen LogP contribution in [0.1, 0.15) is 38.5 Å². The van der Waals surface area contributed by atoms with Crippen molar-refractivity contribution < 1.29 is 9.47 Å². The average Bonchev–Trinajstić information content (AvgIpc) is 2.99. The predicted octanol–water partition coefficient (Wildman–Crippen LogP) is 2.82. The van der Waals surface area contributed by atoms with E-state index >= 15 is 0 Å². The van der Waals surface area contributed by atoms with Gasteiger partial charge in [-0.3, -0.25) is 4.79 Å². The largest absolute Gasteiger partial charge is 0.359 e. The van der Waals surface area contributed by atoms with Crippen molar-refractivity contribution in [1.29, 1.82) is 0 Å². The molecule has 132 valence electrons. The average molecular weight is 342 g/mol. The van der Waals surface area contributed by atoms with E-state index in [0.29, 0.717) is 11.4 Å². The van der Waals surface area contributed by atoms with E-state index in [1.54, 1.807) is 17.7 Å². The summed E-state index contributed by atoms with van der Waals surface area (Å²) in [6, 6.07) is 9.05. The molecule has 0 aliphatic rings. The molecule has 0 radical (unpaired) electrons. The van der Waals surface area contributed by atoms with Crippen LogP contribution >= 0.6 is 0 Å². The third-order valence-corrected chi connectivity index (χ3v) is 3.98. The second-order valence-electron chi connectivity index (χ2n) is 6.10. The topological polar surface area (TPSA) is 70.7 Å². The minimum absolute atomic E-state index is 0.0323. The molecule has 7 heteroatoms. The van der Waals surface area contributed by atoms with E-state index in [1.165, 1.54) is 10.7 Å². The van der Waals surface area contributed by atoms with E-state index in [9.17, 15) is 4.79 Å². The van der Waals surface area contributed by atoms with E-state index < -0.39 is 0 Å². The molecule has 0 fully saturated rings. The highest BCUT2D eigenvalue weighted by atomic mass is 16.7. The summed E-state index contributed by atoms with van der Waals surface area (Å²) < 4.78 is 14.0. The van der Waals surface area contributed by atoms with E-state index in [-0.39, 0.29) is 24.5 Å². The highest BCUT2D eigenvalue weighted by molar-refractivity contribution is 5.71. The van der Waals surface area contributed by atoms with Crippen LogP contribution in [0.15, 0.2) is 41.3 Å². The lowest BCUT2D eigenvalue weighted by Gasteiger charge is -2.14. The Morgan fingerprint density at radius 2 is 1.92 bits per heavy atom. The first-order chi connectivity index (χ1) is 12.0. The van der Waals surface area contributed by atoms with Gasteiger partial charge in [0.05, 0.1) is 17.7 Å². The van der Waals surface area contributed by atoms with E-state index in [0.717, 1.165) is 11.1 Å². The van der Waals surface area contributed by atoms with Gasteiger partial charge in [-0.1, -0.05) is 6.07 Å². The molecular weight excluding hydrogens is 320 g/mol. The summed E-state index contributed by atoms with van der Waals surface area (Å²) in [5.41, 5.74) is 3.06. The summed E-state index contributed by atoms with van der Waals surface area (Å²) in [4.78, 5) is 12.0. The van der Waals surface area contributed by atoms with Gasteiger partial charge in [0.2, 0.25) is 0 Å². The molecule has 0 saturated heterocycles. The van der Waals surface area contributed by atoms with Crippen LogP contribution in [-0.2, 0) is 9.47 Å². The summed E-state index contributed by atoms with van der Waals surface area (Å²) in [6.07, 6.45) is 1.64. The smallest absolute Gasteiger partial charge is 0.267 e. The number of methoxy groups -OCH3 is 1. The molecule has 0 aliphatic carbocycles. The molecule has 0 saturated carbocycles. The first-order valence-electron chi connectivity index (χ1n) is 8.21. The maximum Gasteiger partial charge on any atom is 0.267 e. The molecule has 3 heterocycles. The fraction of sp³-hybridized carbons (Fsp3) is 0.389. The van der Waals surface area contributed by atoms with Gasteiger partial charge in [0, 0.05) is 24.9 Å². The molecular formula is C18H22N4O3. The summed E-state index contributed by atoms with van der Waals surface area (Å²) >= 11 is 0. The van der Waals surface area contributed by atoms with Gasteiger partial charge in [-0.05, 0) is 39.0 Å². The number of aromatic nitrogens is 4. The molecule has 1 atom stereocenters. The van der Waals surface area contributed by atoms with Gasteiger partial charge in [-0.25, -0.2) is 9.20 Å². The number of fused-ring (bicyclic) bond motifs is 1. The maximum atomic E-state index is 12.0. The third kappa shape index (κ3) is 3.33. The first kappa shape index (κ1) is 17.3. The molecule has 7 nitrogen and oxygen atoms in total. The Bertz CT molecular complexity index is 929. The minimum atomic E-state index is -0.240. The highest BCUT2D eigenvalue weighted by Crippen LogP contribution is 2.31. The molecule has 1 unspecified atom stereocenters. The molecule has 3 rings (SSSR count). The second kappa shape index (κ2) is 7.16. The molecule has 0 aromatic carbocycles. The molecule has 0 amide bonds. The summed E-state index contributed by atoms with van der Waals surface area (Å²) in [5, 5.41) is 9.16. The quantitative estimate of drug-likeness (QED) is 0.644. The Morgan fingerprint density at radius 3 is 2.64 bits per heavy atom. The molecule has 25 heavy (non-hydrogen) atoms. The van der Waals surface area contributed by atoms with Crippen molar-refractivity contribution in [2.45, 2.75) is 32.9 Å². The van der Waals surface area contributed by atoms with E-state index in [1.807, 2.05) is 45.2 Å². The zero-order valence-electron chi connectivity index (χ0n) is 14.8. The second-order valence-corrected chi connectivity index (χ2v) is 6.10. The van der Waals surface area contributed by atoms with Gasteiger partial charge in [0.15, 0.2) is 0 Å². The van der Waals surface area contributed by atoms with Crippen LogP contribution in [-0.4, -0.2) is 33.3 Å². The lowest BCUT2D eigenvalue weighted by Crippen LogP contribution is -2.24.